The summed E-state index contributed by atoms with van der Waals surface area (Å²) in [5, 5.41) is 3.34. The van der Waals surface area contributed by atoms with Gasteiger partial charge in [0.2, 0.25) is 5.91 Å². The lowest BCUT2D eigenvalue weighted by Crippen LogP contribution is -2.69. The second-order valence-electron chi connectivity index (χ2n) is 6.79. The van der Waals surface area contributed by atoms with Crippen LogP contribution in [0.4, 0.5) is 0 Å². The Morgan fingerprint density at radius 2 is 2.17 bits per heavy atom. The van der Waals surface area contributed by atoms with Crippen LogP contribution in [0.1, 0.15) is 24.0 Å². The predicted molar refractivity (Wildman–Crippen MR) is 88.5 cm³/mol. The van der Waals surface area contributed by atoms with Gasteiger partial charge in [-0.15, -0.1) is 0 Å². The number of hydrogen-bond acceptors (Lipinski definition) is 4. The van der Waals surface area contributed by atoms with Crippen LogP contribution >= 0.6 is 0 Å². The van der Waals surface area contributed by atoms with E-state index in [-0.39, 0.29) is 17.4 Å². The number of aryl methyl sites for hydroxylation is 1. The van der Waals surface area contributed by atoms with E-state index in [0.717, 1.165) is 49.5 Å². The molecule has 0 aliphatic carbocycles. The highest BCUT2D eigenvalue weighted by molar-refractivity contribution is 5.84. The van der Waals surface area contributed by atoms with Gasteiger partial charge < -0.3 is 19.7 Å². The van der Waals surface area contributed by atoms with E-state index in [0.29, 0.717) is 6.54 Å². The number of nitrogens with zero attached hydrogens (tertiary/aromatic N) is 1. The van der Waals surface area contributed by atoms with Gasteiger partial charge in [-0.25, -0.2) is 0 Å². The minimum Gasteiger partial charge on any atom is -0.496 e. The summed E-state index contributed by atoms with van der Waals surface area (Å²) >= 11 is 0. The van der Waals surface area contributed by atoms with Gasteiger partial charge in [0, 0.05) is 38.8 Å². The molecule has 0 saturated carbocycles. The van der Waals surface area contributed by atoms with Gasteiger partial charge in [0.1, 0.15) is 5.75 Å². The van der Waals surface area contributed by atoms with Crippen LogP contribution < -0.4 is 10.1 Å². The molecule has 2 heterocycles. The number of nitrogens with one attached hydrogen (secondary N) is 1. The Hall–Kier alpha value is -1.59. The first-order chi connectivity index (χ1) is 11.1. The molecule has 2 aliphatic rings. The van der Waals surface area contributed by atoms with Gasteiger partial charge >= 0.3 is 0 Å². The highest BCUT2D eigenvalue weighted by Gasteiger charge is 2.51. The Kier molecular flexibility index (Phi) is 4.60. The van der Waals surface area contributed by atoms with Gasteiger partial charge in [-0.1, -0.05) is 12.1 Å². The van der Waals surface area contributed by atoms with Crippen molar-refractivity contribution in [3.63, 3.8) is 0 Å². The summed E-state index contributed by atoms with van der Waals surface area (Å²) in [4.78, 5) is 14.6. The number of rotatable bonds is 4. The van der Waals surface area contributed by atoms with Gasteiger partial charge in [0.05, 0.1) is 13.2 Å². The van der Waals surface area contributed by atoms with Crippen LogP contribution in [0.3, 0.4) is 0 Å². The standard InChI is InChI=1S/C18H26N2O3/c1-13-10-14(4-5-15(13)22-3)11-20(2)17(21)16-18(12-19-16)6-8-23-9-7-18/h4-5,10,16,19H,6-9,11-12H2,1-3H3/t16-/m1/s1. The maximum Gasteiger partial charge on any atom is 0.240 e. The summed E-state index contributed by atoms with van der Waals surface area (Å²) in [5.41, 5.74) is 2.33. The lowest BCUT2D eigenvalue weighted by Gasteiger charge is -2.52. The van der Waals surface area contributed by atoms with Gasteiger partial charge in [0.15, 0.2) is 0 Å². The smallest absolute Gasteiger partial charge is 0.240 e. The van der Waals surface area contributed by atoms with Gasteiger partial charge in [-0.05, 0) is 37.0 Å². The van der Waals surface area contributed by atoms with Gasteiger partial charge in [0.25, 0.3) is 0 Å². The van der Waals surface area contributed by atoms with Gasteiger partial charge in [-0.3, -0.25) is 4.79 Å². The second-order valence-corrected chi connectivity index (χ2v) is 6.79. The molecule has 1 atom stereocenters. The van der Waals surface area contributed by atoms with Crippen molar-refractivity contribution in [2.24, 2.45) is 5.41 Å². The highest BCUT2D eigenvalue weighted by atomic mass is 16.5. The Morgan fingerprint density at radius 3 is 2.74 bits per heavy atom. The fraction of sp³-hybridized carbons (Fsp3) is 0.611. The third kappa shape index (κ3) is 3.08. The van der Waals surface area contributed by atoms with Crippen LogP contribution in [0, 0.1) is 12.3 Å². The predicted octanol–water partition coefficient (Wildman–Crippen LogP) is 1.73. The van der Waals surface area contributed by atoms with E-state index < -0.39 is 0 Å². The zero-order valence-electron chi connectivity index (χ0n) is 14.2. The zero-order chi connectivity index (χ0) is 16.4. The third-order valence-corrected chi connectivity index (χ3v) is 5.26. The van der Waals surface area contributed by atoms with E-state index in [1.54, 1.807) is 7.11 Å². The van der Waals surface area contributed by atoms with Gasteiger partial charge in [-0.2, -0.15) is 0 Å². The Labute approximate surface area is 137 Å². The van der Waals surface area contributed by atoms with Crippen LogP contribution in [-0.4, -0.2) is 50.8 Å². The van der Waals surface area contributed by atoms with E-state index in [1.165, 1.54) is 0 Å². The number of amides is 1. The Balaban J connectivity index is 1.65. The maximum atomic E-state index is 12.8. The minimum atomic E-state index is -0.0595. The molecule has 1 N–H and O–H groups in total. The molecule has 0 radical (unpaired) electrons. The van der Waals surface area contributed by atoms with Crippen LogP contribution in [0.5, 0.6) is 5.75 Å². The van der Waals surface area contributed by atoms with E-state index in [1.807, 2.05) is 31.0 Å². The second kappa shape index (κ2) is 6.49. The fourth-order valence-electron chi connectivity index (χ4n) is 3.70. The van der Waals surface area contributed by atoms with E-state index in [2.05, 4.69) is 11.4 Å². The zero-order valence-corrected chi connectivity index (χ0v) is 14.2. The maximum absolute atomic E-state index is 12.8. The highest BCUT2D eigenvalue weighted by Crippen LogP contribution is 2.40. The molecule has 126 valence electrons. The summed E-state index contributed by atoms with van der Waals surface area (Å²) in [5.74, 6) is 1.07. The SMILES string of the molecule is COc1ccc(CN(C)C(=O)[C@H]2NCC23CCOCC3)cc1C. The molecular formula is C18H26N2O3. The molecule has 3 rings (SSSR count). The van der Waals surface area contributed by atoms with Crippen LogP contribution in [0.2, 0.25) is 0 Å². The lowest BCUT2D eigenvalue weighted by atomic mass is 9.67. The molecule has 2 fully saturated rings. The number of carbonyl (C=O) groups is 1. The average Bonchev–Trinajstić information content (AvgIpc) is 2.54. The molecule has 0 bridgehead atoms. The van der Waals surface area contributed by atoms with E-state index >= 15 is 0 Å². The lowest BCUT2D eigenvalue weighted by molar-refractivity contribution is -0.145. The number of ether oxygens (including phenoxy) is 2. The monoisotopic (exact) mass is 318 g/mol. The topological polar surface area (TPSA) is 50.8 Å². The van der Waals surface area contributed by atoms with Crippen molar-refractivity contribution >= 4 is 5.91 Å². The van der Waals surface area contributed by atoms with Crippen molar-refractivity contribution in [2.75, 3.05) is 33.9 Å². The molecular weight excluding hydrogens is 292 g/mol. The molecule has 23 heavy (non-hydrogen) atoms. The normalized spacial score (nSPS) is 22.5. The fourth-order valence-corrected chi connectivity index (χ4v) is 3.70. The van der Waals surface area contributed by atoms with Crippen molar-refractivity contribution in [3.8, 4) is 5.75 Å². The number of carbonyl (C=O) groups excluding carboxylic acids is 1. The molecule has 1 aromatic rings. The minimum absolute atomic E-state index is 0.0595. The van der Waals surface area contributed by atoms with Crippen molar-refractivity contribution in [1.82, 2.24) is 10.2 Å². The molecule has 1 spiro atoms. The summed E-state index contributed by atoms with van der Waals surface area (Å²) < 4.78 is 10.7. The molecule has 1 amide bonds. The first-order valence-electron chi connectivity index (χ1n) is 8.25. The van der Waals surface area contributed by atoms with Crippen LogP contribution in [0.25, 0.3) is 0 Å². The van der Waals surface area contributed by atoms with Crippen LogP contribution in [0.15, 0.2) is 18.2 Å². The first-order valence-corrected chi connectivity index (χ1v) is 8.25. The van der Waals surface area contributed by atoms with Crippen molar-refractivity contribution in [3.05, 3.63) is 29.3 Å². The van der Waals surface area contributed by atoms with Crippen molar-refractivity contribution in [1.29, 1.82) is 0 Å². The van der Waals surface area contributed by atoms with E-state index in [4.69, 9.17) is 9.47 Å². The summed E-state index contributed by atoms with van der Waals surface area (Å²) in [6.45, 7) is 5.12. The average molecular weight is 318 g/mol. The molecule has 1 aromatic carbocycles. The third-order valence-electron chi connectivity index (χ3n) is 5.26. The molecule has 2 aliphatic heterocycles. The van der Waals surface area contributed by atoms with Crippen molar-refractivity contribution in [2.45, 2.75) is 32.4 Å². The summed E-state index contributed by atoms with van der Waals surface area (Å²) in [6.07, 6.45) is 1.96. The number of methoxy groups -OCH3 is 1. The largest absolute Gasteiger partial charge is 0.496 e. The molecule has 0 aromatic heterocycles. The van der Waals surface area contributed by atoms with E-state index in [9.17, 15) is 4.79 Å². The molecule has 5 nitrogen and oxygen atoms in total. The van der Waals surface area contributed by atoms with Crippen molar-refractivity contribution < 1.29 is 14.3 Å². The molecule has 5 heteroatoms. The van der Waals surface area contributed by atoms with Crippen LogP contribution in [-0.2, 0) is 16.1 Å². The Morgan fingerprint density at radius 1 is 1.43 bits per heavy atom. The number of likely N-dealkylation sites (N-methyl/N-ethyl adjacent to an activating group) is 1. The Bertz CT molecular complexity index is 582. The molecule has 2 saturated heterocycles. The quantitative estimate of drug-likeness (QED) is 0.918. The summed E-state index contributed by atoms with van der Waals surface area (Å²) in [7, 11) is 3.56. The first kappa shape index (κ1) is 16.3. The molecule has 0 unspecified atom stereocenters. The number of hydrogen-bond donors (Lipinski definition) is 1. The number of benzene rings is 1. The summed E-state index contributed by atoms with van der Waals surface area (Å²) in [6, 6.07) is 6.01.